The van der Waals surface area contributed by atoms with Crippen molar-refractivity contribution in [2.24, 2.45) is 5.10 Å². The fourth-order valence-corrected chi connectivity index (χ4v) is 4.18. The Morgan fingerprint density at radius 2 is 1.66 bits per heavy atom. The summed E-state index contributed by atoms with van der Waals surface area (Å²) in [5.41, 5.74) is 2.97. The van der Waals surface area contributed by atoms with Crippen LogP contribution in [-0.2, 0) is 0 Å². The van der Waals surface area contributed by atoms with Crippen molar-refractivity contribution in [3.63, 3.8) is 0 Å². The number of fused-ring (bicyclic) bond motifs is 3. The predicted molar refractivity (Wildman–Crippen MR) is 108 cm³/mol. The van der Waals surface area contributed by atoms with E-state index in [1.54, 1.807) is 29.3 Å². The summed E-state index contributed by atoms with van der Waals surface area (Å²) in [5, 5.41) is 7.50. The summed E-state index contributed by atoms with van der Waals surface area (Å²) in [6.45, 7) is 0. The van der Waals surface area contributed by atoms with Gasteiger partial charge in [0.05, 0.1) is 11.8 Å². The first-order valence-corrected chi connectivity index (χ1v) is 9.78. The molecule has 0 radical (unpaired) electrons. The normalized spacial score (nSPS) is 20.0. The van der Waals surface area contributed by atoms with Gasteiger partial charge in [-0.1, -0.05) is 35.3 Å². The minimum Gasteiger partial charge on any atom is -0.464 e. The summed E-state index contributed by atoms with van der Waals surface area (Å²) in [6, 6.07) is 15.6. The fraction of sp³-hybridized carbons (Fsp3) is 0.136. The van der Waals surface area contributed by atoms with E-state index in [0.29, 0.717) is 27.8 Å². The highest BCUT2D eigenvalue weighted by Gasteiger charge is 2.41. The predicted octanol–water partition coefficient (Wildman–Crippen LogP) is 6.51. The maximum Gasteiger partial charge on any atom is 0.215 e. The number of rotatable bonds is 2. The molecular weight excluding hydrogens is 417 g/mol. The van der Waals surface area contributed by atoms with E-state index in [1.807, 2.05) is 6.07 Å². The standard InChI is InChI=1S/C22H14Cl2F2N2O/c23-13-3-8-21-17(9-13)20-11-19(12-1-4-14(25)5-2-12)27-28(20)22(29-21)16-10-15(26)6-7-18(16)24/h1-10,20,22H,11H2. The molecule has 3 nitrogen and oxygen atoms in total. The van der Waals surface area contributed by atoms with Crippen LogP contribution in [0.4, 0.5) is 8.78 Å². The van der Waals surface area contributed by atoms with E-state index in [-0.39, 0.29) is 11.9 Å². The molecule has 5 rings (SSSR count). The monoisotopic (exact) mass is 430 g/mol. The lowest BCUT2D eigenvalue weighted by Gasteiger charge is -2.38. The van der Waals surface area contributed by atoms with Crippen LogP contribution in [0.15, 0.2) is 65.8 Å². The first-order chi connectivity index (χ1) is 14.0. The fourth-order valence-electron chi connectivity index (χ4n) is 3.78. The van der Waals surface area contributed by atoms with Crippen molar-refractivity contribution in [2.45, 2.75) is 18.7 Å². The number of hydrogen-bond donors (Lipinski definition) is 0. The molecule has 0 saturated heterocycles. The molecule has 2 atom stereocenters. The molecule has 3 aromatic carbocycles. The number of hydrogen-bond acceptors (Lipinski definition) is 3. The van der Waals surface area contributed by atoms with Crippen molar-refractivity contribution in [3.05, 3.63) is 99.0 Å². The van der Waals surface area contributed by atoms with E-state index < -0.39 is 12.0 Å². The molecule has 2 unspecified atom stereocenters. The number of hydrazone groups is 1. The second-order valence-electron chi connectivity index (χ2n) is 6.97. The molecule has 0 aliphatic carbocycles. The van der Waals surface area contributed by atoms with Crippen molar-refractivity contribution in [2.75, 3.05) is 0 Å². The molecule has 3 aromatic rings. The minimum absolute atomic E-state index is 0.165. The molecule has 0 fully saturated rings. The van der Waals surface area contributed by atoms with Gasteiger partial charge in [-0.15, -0.1) is 0 Å². The molecule has 0 amide bonds. The van der Waals surface area contributed by atoms with E-state index in [9.17, 15) is 8.78 Å². The van der Waals surface area contributed by atoms with Gasteiger partial charge in [0, 0.05) is 27.6 Å². The van der Waals surface area contributed by atoms with Gasteiger partial charge in [-0.3, -0.25) is 0 Å². The summed E-state index contributed by atoms with van der Waals surface area (Å²) in [5.74, 6) is -0.0696. The van der Waals surface area contributed by atoms with Crippen molar-refractivity contribution < 1.29 is 13.5 Å². The molecule has 0 bridgehead atoms. The van der Waals surface area contributed by atoms with Crippen LogP contribution in [0.25, 0.3) is 0 Å². The summed E-state index contributed by atoms with van der Waals surface area (Å²) >= 11 is 12.6. The highest BCUT2D eigenvalue weighted by Crippen LogP contribution is 2.49. The number of ether oxygens (including phenoxy) is 1. The van der Waals surface area contributed by atoms with Crippen LogP contribution in [0, 0.1) is 11.6 Å². The van der Waals surface area contributed by atoms with Gasteiger partial charge in [-0.2, -0.15) is 5.10 Å². The van der Waals surface area contributed by atoms with Gasteiger partial charge in [-0.25, -0.2) is 13.8 Å². The van der Waals surface area contributed by atoms with E-state index in [1.165, 1.54) is 30.3 Å². The largest absolute Gasteiger partial charge is 0.464 e. The third-order valence-corrected chi connectivity index (χ3v) is 5.73. The maximum absolute atomic E-state index is 14.0. The molecular formula is C22H14Cl2F2N2O. The Balaban J connectivity index is 1.63. The van der Waals surface area contributed by atoms with E-state index in [4.69, 9.17) is 33.0 Å². The Morgan fingerprint density at radius 1 is 0.897 bits per heavy atom. The zero-order valence-corrected chi connectivity index (χ0v) is 16.5. The lowest BCUT2D eigenvalue weighted by molar-refractivity contribution is -0.0191. The number of halogens is 4. The van der Waals surface area contributed by atoms with Crippen molar-refractivity contribution in [3.8, 4) is 5.75 Å². The van der Waals surface area contributed by atoms with E-state index in [0.717, 1.165) is 16.8 Å². The van der Waals surface area contributed by atoms with Crippen molar-refractivity contribution in [1.82, 2.24) is 5.01 Å². The summed E-state index contributed by atoms with van der Waals surface area (Å²) < 4.78 is 33.5. The van der Waals surface area contributed by atoms with Crippen LogP contribution < -0.4 is 4.74 Å². The van der Waals surface area contributed by atoms with Crippen LogP contribution >= 0.6 is 23.2 Å². The lowest BCUT2D eigenvalue weighted by Crippen LogP contribution is -2.34. The molecule has 0 saturated carbocycles. The highest BCUT2D eigenvalue weighted by atomic mass is 35.5. The summed E-state index contributed by atoms with van der Waals surface area (Å²) in [6.07, 6.45) is -0.124. The van der Waals surface area contributed by atoms with Crippen LogP contribution in [0.5, 0.6) is 5.75 Å². The smallest absolute Gasteiger partial charge is 0.215 e. The van der Waals surface area contributed by atoms with Gasteiger partial charge in [0.2, 0.25) is 6.23 Å². The second-order valence-corrected chi connectivity index (χ2v) is 7.82. The van der Waals surface area contributed by atoms with Gasteiger partial charge in [0.25, 0.3) is 0 Å². The highest BCUT2D eigenvalue weighted by molar-refractivity contribution is 6.31. The zero-order chi connectivity index (χ0) is 20.1. The summed E-state index contributed by atoms with van der Waals surface area (Å²) in [4.78, 5) is 0. The maximum atomic E-state index is 14.0. The first-order valence-electron chi connectivity index (χ1n) is 9.02. The first kappa shape index (κ1) is 18.4. The molecule has 0 N–H and O–H groups in total. The molecule has 7 heteroatoms. The molecule has 0 aromatic heterocycles. The third kappa shape index (κ3) is 3.24. The van der Waals surface area contributed by atoms with Gasteiger partial charge < -0.3 is 4.74 Å². The van der Waals surface area contributed by atoms with Gasteiger partial charge in [-0.05, 0) is 54.1 Å². The van der Waals surface area contributed by atoms with Gasteiger partial charge in [0.15, 0.2) is 0 Å². The Morgan fingerprint density at radius 3 is 2.45 bits per heavy atom. The second kappa shape index (κ2) is 7.01. The zero-order valence-electron chi connectivity index (χ0n) is 14.9. The average molecular weight is 431 g/mol. The minimum atomic E-state index is -0.699. The molecule has 29 heavy (non-hydrogen) atoms. The molecule has 2 heterocycles. The Bertz CT molecular complexity index is 1130. The van der Waals surface area contributed by atoms with Gasteiger partial charge >= 0.3 is 0 Å². The van der Waals surface area contributed by atoms with Crippen LogP contribution in [0.3, 0.4) is 0 Å². The van der Waals surface area contributed by atoms with Crippen LogP contribution in [0.1, 0.15) is 35.4 Å². The van der Waals surface area contributed by atoms with Crippen molar-refractivity contribution >= 4 is 28.9 Å². The summed E-state index contributed by atoms with van der Waals surface area (Å²) in [7, 11) is 0. The van der Waals surface area contributed by atoms with Crippen molar-refractivity contribution in [1.29, 1.82) is 0 Å². The number of benzene rings is 3. The third-order valence-electron chi connectivity index (χ3n) is 5.15. The van der Waals surface area contributed by atoms with Gasteiger partial charge in [0.1, 0.15) is 17.4 Å². The Labute approximate surface area is 176 Å². The molecule has 2 aliphatic rings. The molecule has 146 valence electrons. The lowest BCUT2D eigenvalue weighted by atomic mass is 9.96. The topological polar surface area (TPSA) is 24.8 Å². The quantitative estimate of drug-likeness (QED) is 0.462. The average Bonchev–Trinajstić information content (AvgIpc) is 3.16. The Hall–Kier alpha value is -2.63. The SMILES string of the molecule is Fc1ccc(C2=NN3C(C2)c2cc(Cl)ccc2OC3c2cc(F)ccc2Cl)cc1. The van der Waals surface area contributed by atoms with E-state index in [2.05, 4.69) is 0 Å². The number of nitrogens with zero attached hydrogens (tertiary/aromatic N) is 2. The molecule has 0 spiro atoms. The Kier molecular flexibility index (Phi) is 4.45. The van der Waals surface area contributed by atoms with E-state index >= 15 is 0 Å². The van der Waals surface area contributed by atoms with Crippen LogP contribution in [-0.4, -0.2) is 10.7 Å². The molecule has 2 aliphatic heterocycles. The van der Waals surface area contributed by atoms with Crippen LogP contribution in [0.2, 0.25) is 10.0 Å².